The van der Waals surface area contributed by atoms with Crippen LogP contribution in [0, 0.1) is 5.92 Å². The molecule has 0 saturated carbocycles. The summed E-state index contributed by atoms with van der Waals surface area (Å²) in [5.41, 5.74) is 1.33. The van der Waals surface area contributed by atoms with Crippen LogP contribution in [0.4, 0.5) is 0 Å². The summed E-state index contributed by atoms with van der Waals surface area (Å²) in [5.74, 6) is -1.90. The average Bonchev–Trinajstić information content (AvgIpc) is 2.34. The molecule has 1 heterocycles. The Balaban J connectivity index is 2.66. The molecule has 5 nitrogen and oxygen atoms in total. The summed E-state index contributed by atoms with van der Waals surface area (Å²) in [5, 5.41) is 11.3. The van der Waals surface area contributed by atoms with Crippen LogP contribution in [-0.4, -0.2) is 28.5 Å². The van der Waals surface area contributed by atoms with Crippen molar-refractivity contribution in [2.45, 2.75) is 33.1 Å². The number of nitrogens with one attached hydrogen (secondary N) is 1. The molecule has 1 aromatic rings. The minimum absolute atomic E-state index is 0.0141. The van der Waals surface area contributed by atoms with Gasteiger partial charge in [-0.2, -0.15) is 0 Å². The van der Waals surface area contributed by atoms with E-state index in [1.165, 1.54) is 0 Å². The maximum absolute atomic E-state index is 11.8. The number of aromatic nitrogens is 1. The van der Waals surface area contributed by atoms with Crippen molar-refractivity contribution in [2.24, 2.45) is 5.92 Å². The second-order valence-electron chi connectivity index (χ2n) is 5.63. The molecule has 1 unspecified atom stereocenters. The van der Waals surface area contributed by atoms with Gasteiger partial charge >= 0.3 is 5.97 Å². The first kappa shape index (κ1) is 15.1. The molecule has 0 saturated heterocycles. The summed E-state index contributed by atoms with van der Waals surface area (Å²) in [6, 6.07) is 3.52. The number of carbonyl (C=O) groups is 2. The zero-order valence-electron chi connectivity index (χ0n) is 11.7. The van der Waals surface area contributed by atoms with Gasteiger partial charge in [0.15, 0.2) is 0 Å². The first-order chi connectivity index (χ1) is 8.71. The van der Waals surface area contributed by atoms with Crippen molar-refractivity contribution in [3.63, 3.8) is 0 Å². The predicted molar refractivity (Wildman–Crippen MR) is 72.1 cm³/mol. The zero-order valence-corrected chi connectivity index (χ0v) is 11.7. The summed E-state index contributed by atoms with van der Waals surface area (Å²) in [7, 11) is 0. The van der Waals surface area contributed by atoms with Crippen molar-refractivity contribution >= 4 is 11.9 Å². The highest BCUT2D eigenvalue weighted by molar-refractivity contribution is 5.92. The molecule has 0 aliphatic heterocycles. The maximum atomic E-state index is 11.8. The molecular weight excluding hydrogens is 244 g/mol. The van der Waals surface area contributed by atoms with Crippen LogP contribution in [0.15, 0.2) is 18.3 Å². The Hall–Kier alpha value is -1.91. The monoisotopic (exact) mass is 264 g/mol. The lowest BCUT2D eigenvalue weighted by molar-refractivity contribution is -0.140. The number of carboxylic acid groups (broad SMARTS) is 1. The minimum atomic E-state index is -0.934. The Bertz CT molecular complexity index is 461. The van der Waals surface area contributed by atoms with Gasteiger partial charge in [0, 0.05) is 12.7 Å². The number of nitrogens with zero attached hydrogens (tertiary/aromatic N) is 1. The van der Waals surface area contributed by atoms with Crippen LogP contribution in [0.1, 0.15) is 43.7 Å². The van der Waals surface area contributed by atoms with Gasteiger partial charge in [-0.1, -0.05) is 33.8 Å². The van der Waals surface area contributed by atoms with Gasteiger partial charge in [-0.15, -0.1) is 0 Å². The summed E-state index contributed by atoms with van der Waals surface area (Å²) >= 11 is 0. The summed E-state index contributed by atoms with van der Waals surface area (Å²) in [6.45, 7) is 7.84. The molecule has 5 heteroatoms. The van der Waals surface area contributed by atoms with E-state index >= 15 is 0 Å². The van der Waals surface area contributed by atoms with E-state index in [0.717, 1.165) is 5.56 Å². The smallest absolute Gasteiger partial charge is 0.308 e. The molecule has 19 heavy (non-hydrogen) atoms. The molecule has 1 atom stereocenters. The number of hydrogen-bond acceptors (Lipinski definition) is 3. The van der Waals surface area contributed by atoms with Crippen molar-refractivity contribution in [3.05, 3.63) is 29.6 Å². The molecule has 0 spiro atoms. The highest BCUT2D eigenvalue weighted by Crippen LogP contribution is 2.20. The number of carbonyl (C=O) groups excluding carboxylic acids is 1. The van der Waals surface area contributed by atoms with Crippen LogP contribution in [0.2, 0.25) is 0 Å². The lowest BCUT2D eigenvalue weighted by Crippen LogP contribution is -2.32. The van der Waals surface area contributed by atoms with E-state index in [1.807, 2.05) is 6.07 Å². The maximum Gasteiger partial charge on any atom is 0.308 e. The van der Waals surface area contributed by atoms with Gasteiger partial charge in [-0.25, -0.2) is 0 Å². The highest BCUT2D eigenvalue weighted by atomic mass is 16.4. The topological polar surface area (TPSA) is 79.3 Å². The van der Waals surface area contributed by atoms with Crippen LogP contribution in [0.25, 0.3) is 0 Å². The molecule has 2 N–H and O–H groups in total. The lowest BCUT2D eigenvalue weighted by Gasteiger charge is -2.18. The van der Waals surface area contributed by atoms with Crippen molar-refractivity contribution in [1.29, 1.82) is 0 Å². The summed E-state index contributed by atoms with van der Waals surface area (Å²) in [4.78, 5) is 26.5. The van der Waals surface area contributed by atoms with Crippen LogP contribution < -0.4 is 5.32 Å². The Morgan fingerprint density at radius 2 is 2.00 bits per heavy atom. The highest BCUT2D eigenvalue weighted by Gasteiger charge is 2.16. The predicted octanol–water partition coefficient (Wildman–Crippen LogP) is 1.83. The van der Waals surface area contributed by atoms with Crippen LogP contribution in [0.5, 0.6) is 0 Å². The number of aliphatic carboxylic acids is 1. The molecule has 0 fully saturated rings. The van der Waals surface area contributed by atoms with Gasteiger partial charge in [0.25, 0.3) is 5.91 Å². The minimum Gasteiger partial charge on any atom is -0.481 e. The second kappa shape index (κ2) is 5.82. The van der Waals surface area contributed by atoms with E-state index < -0.39 is 11.9 Å². The molecule has 0 aromatic carbocycles. The molecule has 0 aliphatic carbocycles. The molecule has 1 aromatic heterocycles. The first-order valence-corrected chi connectivity index (χ1v) is 6.19. The van der Waals surface area contributed by atoms with Crippen LogP contribution in [-0.2, 0) is 10.2 Å². The zero-order chi connectivity index (χ0) is 14.6. The van der Waals surface area contributed by atoms with E-state index in [9.17, 15) is 9.59 Å². The quantitative estimate of drug-likeness (QED) is 0.869. The molecule has 104 valence electrons. The van der Waals surface area contributed by atoms with E-state index in [-0.39, 0.29) is 17.9 Å². The fraction of sp³-hybridized carbons (Fsp3) is 0.500. The number of carboxylic acids is 1. The largest absolute Gasteiger partial charge is 0.481 e. The number of rotatable bonds is 4. The lowest BCUT2D eigenvalue weighted by atomic mass is 9.88. The second-order valence-corrected chi connectivity index (χ2v) is 5.63. The standard InChI is InChI=1S/C14H20N2O3/c1-9(13(18)19)7-16-12(17)11-6-5-10(8-15-11)14(2,3)4/h5-6,8-9H,7H2,1-4H3,(H,16,17)(H,18,19). The molecular formula is C14H20N2O3. The number of amides is 1. The van der Waals surface area contributed by atoms with E-state index in [4.69, 9.17) is 5.11 Å². The molecule has 1 rings (SSSR count). The van der Waals surface area contributed by atoms with Gasteiger partial charge in [0.1, 0.15) is 5.69 Å². The Morgan fingerprint density at radius 1 is 1.37 bits per heavy atom. The molecule has 0 bridgehead atoms. The van der Waals surface area contributed by atoms with Gasteiger partial charge in [0.05, 0.1) is 5.92 Å². The summed E-state index contributed by atoms with van der Waals surface area (Å²) in [6.07, 6.45) is 1.68. The Morgan fingerprint density at radius 3 is 2.42 bits per heavy atom. The van der Waals surface area contributed by atoms with Crippen molar-refractivity contribution in [1.82, 2.24) is 10.3 Å². The third kappa shape index (κ3) is 4.35. The molecule has 0 aliphatic rings. The van der Waals surface area contributed by atoms with Crippen LogP contribution in [0.3, 0.4) is 0 Å². The van der Waals surface area contributed by atoms with Crippen molar-refractivity contribution in [2.75, 3.05) is 6.54 Å². The Kier molecular flexibility index (Phi) is 4.64. The van der Waals surface area contributed by atoms with Gasteiger partial charge < -0.3 is 10.4 Å². The van der Waals surface area contributed by atoms with E-state index in [0.29, 0.717) is 5.69 Å². The Labute approximate surface area is 113 Å². The van der Waals surface area contributed by atoms with Crippen molar-refractivity contribution < 1.29 is 14.7 Å². The first-order valence-electron chi connectivity index (χ1n) is 6.19. The summed E-state index contributed by atoms with van der Waals surface area (Å²) < 4.78 is 0. The van der Waals surface area contributed by atoms with Crippen molar-refractivity contribution in [3.8, 4) is 0 Å². The fourth-order valence-corrected chi connectivity index (χ4v) is 1.40. The SMILES string of the molecule is CC(CNC(=O)c1ccc(C(C)(C)C)cn1)C(=O)O. The average molecular weight is 264 g/mol. The van der Waals surface area contributed by atoms with E-state index in [2.05, 4.69) is 31.1 Å². The number of hydrogen-bond donors (Lipinski definition) is 2. The number of pyridine rings is 1. The van der Waals surface area contributed by atoms with Gasteiger partial charge in [0.2, 0.25) is 0 Å². The third-order valence-electron chi connectivity index (χ3n) is 2.85. The van der Waals surface area contributed by atoms with Gasteiger partial charge in [-0.3, -0.25) is 14.6 Å². The third-order valence-corrected chi connectivity index (χ3v) is 2.85. The van der Waals surface area contributed by atoms with Crippen LogP contribution >= 0.6 is 0 Å². The molecule has 1 amide bonds. The van der Waals surface area contributed by atoms with E-state index in [1.54, 1.807) is 19.2 Å². The van der Waals surface area contributed by atoms with Gasteiger partial charge in [-0.05, 0) is 17.0 Å². The fourth-order valence-electron chi connectivity index (χ4n) is 1.40. The molecule has 0 radical (unpaired) electrons. The normalized spacial score (nSPS) is 12.8.